The SMILES string of the molecule is CCNC(c1ccc(C)cc1)c1cc2c(s1)CCCCC2. The second kappa shape index (κ2) is 6.76. The molecule has 1 nitrogen and oxygen atoms in total. The first-order valence-corrected chi connectivity index (χ1v) is 9.01. The number of hydrogen-bond acceptors (Lipinski definition) is 2. The number of aryl methyl sites for hydroxylation is 3. The van der Waals surface area contributed by atoms with E-state index in [9.17, 15) is 0 Å². The molecular weight excluding hydrogens is 274 g/mol. The Labute approximate surface area is 132 Å². The van der Waals surface area contributed by atoms with Gasteiger partial charge in [-0.15, -0.1) is 11.3 Å². The van der Waals surface area contributed by atoms with Crippen molar-refractivity contribution in [2.45, 2.75) is 52.0 Å². The van der Waals surface area contributed by atoms with Crippen LogP contribution in [0.2, 0.25) is 0 Å². The molecule has 0 radical (unpaired) electrons. The topological polar surface area (TPSA) is 12.0 Å². The molecule has 0 amide bonds. The van der Waals surface area contributed by atoms with E-state index in [1.54, 1.807) is 10.4 Å². The average Bonchev–Trinajstić information content (AvgIpc) is 2.76. The van der Waals surface area contributed by atoms with Crippen molar-refractivity contribution in [1.29, 1.82) is 0 Å². The zero-order valence-electron chi connectivity index (χ0n) is 13.1. The summed E-state index contributed by atoms with van der Waals surface area (Å²) in [5, 5.41) is 3.67. The number of rotatable bonds is 4. The van der Waals surface area contributed by atoms with Gasteiger partial charge in [0.15, 0.2) is 0 Å². The second-order valence-electron chi connectivity index (χ2n) is 6.06. The average molecular weight is 299 g/mol. The van der Waals surface area contributed by atoms with Gasteiger partial charge in [-0.3, -0.25) is 0 Å². The normalized spacial score (nSPS) is 16.3. The van der Waals surface area contributed by atoms with Gasteiger partial charge in [0.1, 0.15) is 0 Å². The first kappa shape index (κ1) is 14.8. The van der Waals surface area contributed by atoms with Gasteiger partial charge in [-0.25, -0.2) is 0 Å². The number of fused-ring (bicyclic) bond motifs is 1. The summed E-state index contributed by atoms with van der Waals surface area (Å²) in [4.78, 5) is 3.13. The fraction of sp³-hybridized carbons (Fsp3) is 0.474. The molecule has 0 bridgehead atoms. The van der Waals surface area contributed by atoms with Gasteiger partial charge in [0.25, 0.3) is 0 Å². The maximum Gasteiger partial charge on any atom is 0.0671 e. The lowest BCUT2D eigenvalue weighted by atomic mass is 10.0. The molecule has 3 rings (SSSR count). The van der Waals surface area contributed by atoms with Crippen LogP contribution >= 0.6 is 11.3 Å². The quantitative estimate of drug-likeness (QED) is 0.781. The maximum atomic E-state index is 3.67. The molecule has 21 heavy (non-hydrogen) atoms. The van der Waals surface area contributed by atoms with E-state index >= 15 is 0 Å². The highest BCUT2D eigenvalue weighted by Gasteiger charge is 2.19. The third-order valence-electron chi connectivity index (χ3n) is 4.37. The fourth-order valence-electron chi connectivity index (χ4n) is 3.18. The number of hydrogen-bond donors (Lipinski definition) is 1. The summed E-state index contributed by atoms with van der Waals surface area (Å²) in [6, 6.07) is 11.8. The minimum atomic E-state index is 0.354. The van der Waals surface area contributed by atoms with Crippen molar-refractivity contribution in [2.75, 3.05) is 6.54 Å². The first-order chi connectivity index (χ1) is 10.3. The molecule has 1 atom stereocenters. The summed E-state index contributed by atoms with van der Waals surface area (Å²) in [7, 11) is 0. The molecule has 0 spiro atoms. The lowest BCUT2D eigenvalue weighted by molar-refractivity contribution is 0.638. The van der Waals surface area contributed by atoms with Gasteiger partial charge in [-0.2, -0.15) is 0 Å². The highest BCUT2D eigenvalue weighted by Crippen LogP contribution is 2.34. The first-order valence-electron chi connectivity index (χ1n) is 8.19. The number of nitrogens with one attached hydrogen (secondary N) is 1. The van der Waals surface area contributed by atoms with Crippen molar-refractivity contribution in [3.05, 3.63) is 56.8 Å². The highest BCUT2D eigenvalue weighted by atomic mass is 32.1. The van der Waals surface area contributed by atoms with Crippen LogP contribution in [0.3, 0.4) is 0 Å². The van der Waals surface area contributed by atoms with E-state index in [-0.39, 0.29) is 0 Å². The van der Waals surface area contributed by atoms with Crippen LogP contribution in [0.15, 0.2) is 30.3 Å². The molecule has 1 aromatic carbocycles. The van der Waals surface area contributed by atoms with Crippen LogP contribution in [0, 0.1) is 6.92 Å². The summed E-state index contributed by atoms with van der Waals surface area (Å²) >= 11 is 2.03. The van der Waals surface area contributed by atoms with Gasteiger partial charge >= 0.3 is 0 Å². The largest absolute Gasteiger partial charge is 0.306 e. The zero-order valence-corrected chi connectivity index (χ0v) is 13.9. The highest BCUT2D eigenvalue weighted by molar-refractivity contribution is 7.12. The minimum absolute atomic E-state index is 0.354. The van der Waals surface area contributed by atoms with Crippen LogP contribution in [0.1, 0.15) is 58.7 Å². The van der Waals surface area contributed by atoms with Crippen LogP contribution in [0.25, 0.3) is 0 Å². The number of thiophene rings is 1. The van der Waals surface area contributed by atoms with Crippen LogP contribution in [0.5, 0.6) is 0 Å². The third kappa shape index (κ3) is 3.38. The standard InChI is InChI=1S/C19H25NS/c1-3-20-19(15-11-9-14(2)10-12-15)18-13-16-7-5-4-6-8-17(16)21-18/h9-13,19-20H,3-8H2,1-2H3. The predicted octanol–water partition coefficient (Wildman–Crippen LogP) is 5.02. The Kier molecular flexibility index (Phi) is 4.77. The summed E-state index contributed by atoms with van der Waals surface area (Å²) < 4.78 is 0. The van der Waals surface area contributed by atoms with Crippen LogP contribution in [-0.2, 0) is 12.8 Å². The van der Waals surface area contributed by atoms with Crippen molar-refractivity contribution in [1.82, 2.24) is 5.32 Å². The van der Waals surface area contributed by atoms with Gasteiger partial charge < -0.3 is 5.32 Å². The van der Waals surface area contributed by atoms with Crippen molar-refractivity contribution < 1.29 is 0 Å². The summed E-state index contributed by atoms with van der Waals surface area (Å²) in [5.74, 6) is 0. The number of benzene rings is 1. The van der Waals surface area contributed by atoms with E-state index in [0.29, 0.717) is 6.04 Å². The van der Waals surface area contributed by atoms with E-state index in [2.05, 4.69) is 49.5 Å². The molecule has 1 unspecified atom stereocenters. The molecule has 1 N–H and O–H groups in total. The molecule has 0 aliphatic heterocycles. The van der Waals surface area contributed by atoms with Gasteiger partial charge in [0.2, 0.25) is 0 Å². The Morgan fingerprint density at radius 3 is 2.62 bits per heavy atom. The Morgan fingerprint density at radius 1 is 1.10 bits per heavy atom. The maximum absolute atomic E-state index is 3.67. The Hall–Kier alpha value is -1.12. The second-order valence-corrected chi connectivity index (χ2v) is 7.23. The Morgan fingerprint density at radius 2 is 1.86 bits per heavy atom. The minimum Gasteiger partial charge on any atom is -0.306 e. The van der Waals surface area contributed by atoms with Crippen LogP contribution in [-0.4, -0.2) is 6.54 Å². The van der Waals surface area contributed by atoms with E-state index in [4.69, 9.17) is 0 Å². The molecule has 1 aliphatic rings. The lowest BCUT2D eigenvalue weighted by Gasteiger charge is -2.17. The van der Waals surface area contributed by atoms with Crippen molar-refractivity contribution in [2.24, 2.45) is 0 Å². The monoisotopic (exact) mass is 299 g/mol. The van der Waals surface area contributed by atoms with Gasteiger partial charge in [-0.05, 0) is 56.3 Å². The summed E-state index contributed by atoms with van der Waals surface area (Å²) in [5.41, 5.74) is 4.33. The Bertz CT molecular complexity index is 559. The molecule has 1 aromatic heterocycles. The van der Waals surface area contributed by atoms with E-state index in [1.807, 2.05) is 11.3 Å². The molecule has 0 saturated carbocycles. The van der Waals surface area contributed by atoms with E-state index < -0.39 is 0 Å². The van der Waals surface area contributed by atoms with E-state index in [0.717, 1.165) is 6.54 Å². The molecule has 2 heteroatoms. The molecular formula is C19H25NS. The van der Waals surface area contributed by atoms with Crippen LogP contribution < -0.4 is 5.32 Å². The van der Waals surface area contributed by atoms with E-state index in [1.165, 1.54) is 48.1 Å². The van der Waals surface area contributed by atoms with Gasteiger partial charge in [0.05, 0.1) is 6.04 Å². The third-order valence-corrected chi connectivity index (χ3v) is 5.67. The lowest BCUT2D eigenvalue weighted by Crippen LogP contribution is -2.21. The van der Waals surface area contributed by atoms with Crippen molar-refractivity contribution >= 4 is 11.3 Å². The zero-order chi connectivity index (χ0) is 14.7. The fourth-order valence-corrected chi connectivity index (χ4v) is 4.54. The van der Waals surface area contributed by atoms with Gasteiger partial charge in [0, 0.05) is 9.75 Å². The molecule has 0 saturated heterocycles. The Balaban J connectivity index is 1.92. The molecule has 1 aliphatic carbocycles. The van der Waals surface area contributed by atoms with Crippen LogP contribution in [0.4, 0.5) is 0 Å². The summed E-state index contributed by atoms with van der Waals surface area (Å²) in [6.45, 7) is 5.35. The molecule has 112 valence electrons. The predicted molar refractivity (Wildman–Crippen MR) is 92.3 cm³/mol. The smallest absolute Gasteiger partial charge is 0.0671 e. The summed E-state index contributed by atoms with van der Waals surface area (Å²) in [6.07, 6.45) is 6.68. The molecule has 2 aromatic rings. The van der Waals surface area contributed by atoms with Crippen molar-refractivity contribution in [3.8, 4) is 0 Å². The molecule has 0 fully saturated rings. The molecule has 1 heterocycles. The van der Waals surface area contributed by atoms with Gasteiger partial charge in [-0.1, -0.05) is 43.2 Å². The van der Waals surface area contributed by atoms with Crippen molar-refractivity contribution in [3.63, 3.8) is 0 Å².